The predicted octanol–water partition coefficient (Wildman–Crippen LogP) is 2.63. The van der Waals surface area contributed by atoms with Crippen molar-refractivity contribution in [1.82, 2.24) is 0 Å². The zero-order valence-electron chi connectivity index (χ0n) is 17.2. The molecule has 3 fully saturated rings. The summed E-state index contributed by atoms with van der Waals surface area (Å²) < 4.78 is 11.5. The fraction of sp³-hybridized carbons (Fsp3) is 0.417. The highest BCUT2D eigenvalue weighted by Crippen LogP contribution is 2.58. The van der Waals surface area contributed by atoms with Gasteiger partial charge in [0.1, 0.15) is 5.75 Å². The van der Waals surface area contributed by atoms with Gasteiger partial charge in [-0.3, -0.25) is 14.5 Å². The maximum absolute atomic E-state index is 13.5. The molecule has 1 aliphatic carbocycles. The number of para-hydroxylation sites is 1. The highest BCUT2D eigenvalue weighted by molar-refractivity contribution is 6.22. The Balaban J connectivity index is 1.52. The van der Waals surface area contributed by atoms with Crippen molar-refractivity contribution in [3.63, 3.8) is 0 Å². The number of methoxy groups -OCH3 is 1. The molecule has 0 unspecified atom stereocenters. The van der Waals surface area contributed by atoms with E-state index in [1.54, 1.807) is 55.6 Å². The first kappa shape index (κ1) is 20.2. The number of imide groups is 1. The van der Waals surface area contributed by atoms with Crippen LogP contribution in [0.25, 0.3) is 0 Å². The lowest BCUT2D eigenvalue weighted by Crippen LogP contribution is -2.54. The number of benzene rings is 2. The zero-order valence-corrected chi connectivity index (χ0v) is 17.2. The molecule has 2 amide bonds. The molecule has 0 bridgehead atoms. The standard InChI is InChI=1S/C24H25NO6/c1-30-13-15-11-18-21(23(28)25(22(18)27)16-5-3-2-4-6-16)19-12-20(31-24(15,19)29)14-7-9-17(26)10-8-14/h2-10,15,18-21,26,29H,11-13H2,1H3/t15-,18+,19+,20+,21+,24-/m1/s1. The SMILES string of the molecule is COC[C@H]1C[C@@H]2C(=O)N(c3ccccc3)C(=O)[C@@H]2[C@@H]2C[C@@H](c3ccc(O)cc3)O[C@]12O. The molecule has 5 rings (SSSR count). The minimum absolute atomic E-state index is 0.144. The Morgan fingerprint density at radius 1 is 1.06 bits per heavy atom. The quantitative estimate of drug-likeness (QED) is 0.734. The summed E-state index contributed by atoms with van der Waals surface area (Å²) in [6, 6.07) is 15.6. The van der Waals surface area contributed by atoms with Crippen molar-refractivity contribution < 1.29 is 29.3 Å². The van der Waals surface area contributed by atoms with Crippen LogP contribution in [0.15, 0.2) is 54.6 Å². The number of fused-ring (bicyclic) bond motifs is 3. The van der Waals surface area contributed by atoms with Crippen LogP contribution in [0, 0.1) is 23.7 Å². The Hall–Kier alpha value is -2.74. The Morgan fingerprint density at radius 2 is 1.77 bits per heavy atom. The number of nitrogens with zero attached hydrogens (tertiary/aromatic N) is 1. The van der Waals surface area contributed by atoms with Crippen molar-refractivity contribution in [3.8, 4) is 5.75 Å². The average molecular weight is 423 g/mol. The number of anilines is 1. The molecule has 3 aliphatic rings. The molecule has 2 N–H and O–H groups in total. The second-order valence-electron chi connectivity index (χ2n) is 8.66. The second-order valence-corrected chi connectivity index (χ2v) is 8.66. The van der Waals surface area contributed by atoms with E-state index < -0.39 is 35.6 Å². The number of phenols is 1. The molecular weight excluding hydrogens is 398 g/mol. The molecule has 7 nitrogen and oxygen atoms in total. The molecule has 2 aliphatic heterocycles. The van der Waals surface area contributed by atoms with Gasteiger partial charge in [-0.25, -0.2) is 0 Å². The average Bonchev–Trinajstić information content (AvgIpc) is 3.24. The molecule has 0 aromatic heterocycles. The Bertz CT molecular complexity index is 993. The topological polar surface area (TPSA) is 96.3 Å². The van der Waals surface area contributed by atoms with Crippen LogP contribution in [0.1, 0.15) is 24.5 Å². The lowest BCUT2D eigenvalue weighted by atomic mass is 9.64. The Kier molecular flexibility index (Phi) is 4.84. The van der Waals surface area contributed by atoms with E-state index in [1.807, 2.05) is 6.07 Å². The molecule has 2 aromatic carbocycles. The largest absolute Gasteiger partial charge is 0.508 e. The predicted molar refractivity (Wildman–Crippen MR) is 111 cm³/mol. The van der Waals surface area contributed by atoms with Crippen LogP contribution in [0.5, 0.6) is 5.75 Å². The van der Waals surface area contributed by atoms with Crippen molar-refractivity contribution in [2.24, 2.45) is 23.7 Å². The number of phenolic OH excluding ortho intramolecular Hbond substituents is 1. The lowest BCUT2D eigenvalue weighted by Gasteiger charge is -2.44. The van der Waals surface area contributed by atoms with Gasteiger partial charge in [0, 0.05) is 18.9 Å². The first-order valence-corrected chi connectivity index (χ1v) is 10.5. The molecule has 6 atom stereocenters. The molecular formula is C24H25NO6. The van der Waals surface area contributed by atoms with E-state index in [9.17, 15) is 19.8 Å². The summed E-state index contributed by atoms with van der Waals surface area (Å²) in [5.41, 5.74) is 1.36. The molecule has 162 valence electrons. The third-order valence-corrected chi connectivity index (χ3v) is 7.01. The maximum atomic E-state index is 13.5. The van der Waals surface area contributed by atoms with Gasteiger partial charge in [0.15, 0.2) is 5.79 Å². The van der Waals surface area contributed by atoms with Crippen LogP contribution >= 0.6 is 0 Å². The molecule has 0 radical (unpaired) electrons. The molecule has 0 spiro atoms. The normalized spacial score (nSPS) is 34.6. The van der Waals surface area contributed by atoms with Gasteiger partial charge in [0.25, 0.3) is 0 Å². The van der Waals surface area contributed by atoms with Crippen LogP contribution in [-0.2, 0) is 19.1 Å². The van der Waals surface area contributed by atoms with Crippen LogP contribution in [0.3, 0.4) is 0 Å². The summed E-state index contributed by atoms with van der Waals surface area (Å²) in [5.74, 6) is -4.05. The Labute approximate surface area is 180 Å². The molecule has 1 saturated carbocycles. The number of carbonyl (C=O) groups is 2. The van der Waals surface area contributed by atoms with Gasteiger partial charge in [0.2, 0.25) is 11.8 Å². The van der Waals surface area contributed by atoms with Gasteiger partial charge in [-0.05, 0) is 42.7 Å². The molecule has 2 aromatic rings. The number of ether oxygens (including phenoxy) is 2. The fourth-order valence-corrected chi connectivity index (χ4v) is 5.60. The van der Waals surface area contributed by atoms with Crippen molar-refractivity contribution in [1.29, 1.82) is 0 Å². The van der Waals surface area contributed by atoms with Crippen LogP contribution in [0.4, 0.5) is 5.69 Å². The van der Waals surface area contributed by atoms with E-state index >= 15 is 0 Å². The van der Waals surface area contributed by atoms with E-state index in [-0.39, 0.29) is 24.2 Å². The van der Waals surface area contributed by atoms with E-state index in [0.29, 0.717) is 18.5 Å². The summed E-state index contributed by atoms with van der Waals surface area (Å²) in [7, 11) is 1.55. The number of amides is 2. The monoisotopic (exact) mass is 423 g/mol. The molecule has 2 heterocycles. The lowest BCUT2D eigenvalue weighted by molar-refractivity contribution is -0.275. The van der Waals surface area contributed by atoms with Gasteiger partial charge in [0.05, 0.1) is 30.2 Å². The second kappa shape index (κ2) is 7.44. The van der Waals surface area contributed by atoms with Gasteiger partial charge in [-0.2, -0.15) is 0 Å². The highest BCUT2D eigenvalue weighted by atomic mass is 16.6. The Morgan fingerprint density at radius 3 is 2.45 bits per heavy atom. The van der Waals surface area contributed by atoms with Gasteiger partial charge in [-0.15, -0.1) is 0 Å². The fourth-order valence-electron chi connectivity index (χ4n) is 5.60. The number of aliphatic hydroxyl groups is 1. The molecule has 2 saturated heterocycles. The third kappa shape index (κ3) is 3.07. The zero-order chi connectivity index (χ0) is 21.8. The van der Waals surface area contributed by atoms with Crippen molar-refractivity contribution in [3.05, 3.63) is 60.2 Å². The van der Waals surface area contributed by atoms with Crippen LogP contribution in [-0.4, -0.2) is 41.5 Å². The summed E-state index contributed by atoms with van der Waals surface area (Å²) in [6.07, 6.45) is 0.286. The highest BCUT2D eigenvalue weighted by Gasteiger charge is 2.66. The van der Waals surface area contributed by atoms with Crippen molar-refractivity contribution in [2.75, 3.05) is 18.6 Å². The first-order valence-electron chi connectivity index (χ1n) is 10.5. The third-order valence-electron chi connectivity index (χ3n) is 7.01. The number of aromatic hydroxyl groups is 1. The maximum Gasteiger partial charge on any atom is 0.238 e. The van der Waals surface area contributed by atoms with E-state index in [1.165, 1.54) is 4.90 Å². The van der Waals surface area contributed by atoms with Crippen LogP contribution in [0.2, 0.25) is 0 Å². The number of hydrogen-bond donors (Lipinski definition) is 2. The summed E-state index contributed by atoms with van der Waals surface area (Å²) in [4.78, 5) is 28.0. The number of carbonyl (C=O) groups excluding carboxylic acids is 2. The first-order chi connectivity index (χ1) is 14.9. The number of hydrogen-bond acceptors (Lipinski definition) is 6. The van der Waals surface area contributed by atoms with Gasteiger partial charge in [-0.1, -0.05) is 30.3 Å². The molecule has 31 heavy (non-hydrogen) atoms. The summed E-state index contributed by atoms with van der Waals surface area (Å²) in [5, 5.41) is 21.3. The van der Waals surface area contributed by atoms with Gasteiger partial charge >= 0.3 is 0 Å². The van der Waals surface area contributed by atoms with Crippen LogP contribution < -0.4 is 4.90 Å². The van der Waals surface area contributed by atoms with E-state index in [4.69, 9.17) is 9.47 Å². The number of rotatable bonds is 4. The molecule has 7 heteroatoms. The smallest absolute Gasteiger partial charge is 0.238 e. The van der Waals surface area contributed by atoms with E-state index in [0.717, 1.165) is 5.56 Å². The minimum Gasteiger partial charge on any atom is -0.508 e. The van der Waals surface area contributed by atoms with Crippen molar-refractivity contribution in [2.45, 2.75) is 24.7 Å². The van der Waals surface area contributed by atoms with Crippen molar-refractivity contribution >= 4 is 17.5 Å². The van der Waals surface area contributed by atoms with Gasteiger partial charge < -0.3 is 19.7 Å². The minimum atomic E-state index is -1.57. The van der Waals surface area contributed by atoms with E-state index in [2.05, 4.69) is 0 Å². The summed E-state index contributed by atoms with van der Waals surface area (Å²) >= 11 is 0. The summed E-state index contributed by atoms with van der Waals surface area (Å²) in [6.45, 7) is 0.228.